The van der Waals surface area contributed by atoms with Crippen LogP contribution in [-0.4, -0.2) is 61.4 Å². The minimum absolute atomic E-state index is 0.0714. The monoisotopic (exact) mass is 570 g/mol. The van der Waals surface area contributed by atoms with Gasteiger partial charge in [0.1, 0.15) is 34.4 Å². The zero-order chi connectivity index (χ0) is 28.8. The number of aryl methyl sites for hydroxylation is 1. The lowest BCUT2D eigenvalue weighted by molar-refractivity contribution is 0.102. The van der Waals surface area contributed by atoms with Crippen molar-refractivity contribution in [3.05, 3.63) is 65.6 Å². The first-order valence-electron chi connectivity index (χ1n) is 12.4. The van der Waals surface area contributed by atoms with Gasteiger partial charge in [-0.15, -0.1) is 0 Å². The number of ether oxygens (including phenoxy) is 1. The standard InChI is InChI=1S/C27H28F2N6O4S/c1-34-19-8-7-18(26(35-12-10-15(30)13-35)24(19)33-21(34)14-40(3,37)38)32-27(36)16-9-11-31-25(23(16)29)22-17(28)5-4-6-20(22)39-2/h4-9,11,15H,10,12-14,30H2,1-3H3,(H,32,36)/t15-/m1/s1. The number of methoxy groups -OCH3 is 1. The first kappa shape index (κ1) is 27.5. The lowest BCUT2D eigenvalue weighted by atomic mass is 10.1. The van der Waals surface area contributed by atoms with Crippen molar-refractivity contribution in [2.75, 3.05) is 36.7 Å². The molecule has 0 saturated carbocycles. The molecule has 13 heteroatoms. The molecule has 2 aromatic carbocycles. The molecule has 4 aromatic rings. The van der Waals surface area contributed by atoms with Crippen molar-refractivity contribution in [2.24, 2.45) is 12.8 Å². The average molecular weight is 571 g/mol. The maximum Gasteiger partial charge on any atom is 0.258 e. The van der Waals surface area contributed by atoms with E-state index >= 15 is 4.39 Å². The fourth-order valence-electron chi connectivity index (χ4n) is 4.96. The lowest BCUT2D eigenvalue weighted by Crippen LogP contribution is -2.27. The van der Waals surface area contributed by atoms with Gasteiger partial charge in [-0.05, 0) is 36.8 Å². The third-order valence-corrected chi connectivity index (χ3v) is 7.65. The van der Waals surface area contributed by atoms with Gasteiger partial charge in [-0.2, -0.15) is 0 Å². The number of fused-ring (bicyclic) bond motifs is 1. The fraction of sp³-hybridized carbons (Fsp3) is 0.296. The van der Waals surface area contributed by atoms with Gasteiger partial charge in [-0.25, -0.2) is 22.2 Å². The van der Waals surface area contributed by atoms with Crippen LogP contribution in [0.4, 0.5) is 20.2 Å². The fourth-order valence-corrected chi connectivity index (χ4v) is 5.68. The minimum Gasteiger partial charge on any atom is -0.496 e. The molecule has 210 valence electrons. The van der Waals surface area contributed by atoms with Crippen molar-refractivity contribution in [1.29, 1.82) is 0 Å². The number of sulfone groups is 1. The Morgan fingerprint density at radius 1 is 1.23 bits per heavy atom. The summed E-state index contributed by atoms with van der Waals surface area (Å²) in [5, 5.41) is 2.77. The predicted molar refractivity (Wildman–Crippen MR) is 148 cm³/mol. The SMILES string of the molecule is COc1cccc(F)c1-c1nccc(C(=O)Nc2ccc3c(nc(CS(C)(=O)=O)n3C)c2N2CC[C@@H](N)C2)c1F. The molecule has 40 heavy (non-hydrogen) atoms. The number of imidazole rings is 1. The number of nitrogens with one attached hydrogen (secondary N) is 1. The van der Waals surface area contributed by atoms with Crippen LogP contribution in [0.25, 0.3) is 22.3 Å². The summed E-state index contributed by atoms with van der Waals surface area (Å²) in [5.74, 6) is -2.39. The Labute approximate surface area is 229 Å². The van der Waals surface area contributed by atoms with Gasteiger partial charge >= 0.3 is 0 Å². The number of benzene rings is 2. The molecule has 0 radical (unpaired) electrons. The van der Waals surface area contributed by atoms with Gasteiger partial charge in [0, 0.05) is 38.6 Å². The Bertz CT molecular complexity index is 1740. The van der Waals surface area contributed by atoms with Gasteiger partial charge in [0.25, 0.3) is 5.91 Å². The third kappa shape index (κ3) is 5.09. The minimum atomic E-state index is -3.36. The van der Waals surface area contributed by atoms with Crippen LogP contribution < -0.4 is 20.7 Å². The first-order chi connectivity index (χ1) is 19.0. The number of amides is 1. The quantitative estimate of drug-likeness (QED) is 0.346. The molecule has 0 unspecified atom stereocenters. The molecule has 1 atom stereocenters. The second kappa shape index (κ2) is 10.5. The first-order valence-corrected chi connectivity index (χ1v) is 14.5. The van der Waals surface area contributed by atoms with Gasteiger partial charge in [0.2, 0.25) is 0 Å². The Morgan fingerprint density at radius 3 is 2.67 bits per heavy atom. The van der Waals surface area contributed by atoms with E-state index in [1.54, 1.807) is 23.7 Å². The number of anilines is 2. The van der Waals surface area contributed by atoms with Crippen molar-refractivity contribution in [3.8, 4) is 17.0 Å². The molecule has 1 aliphatic heterocycles. The summed E-state index contributed by atoms with van der Waals surface area (Å²) in [6.07, 6.45) is 3.06. The molecule has 5 rings (SSSR count). The van der Waals surface area contributed by atoms with Crippen LogP contribution in [0.5, 0.6) is 5.75 Å². The second-order valence-corrected chi connectivity index (χ2v) is 11.9. The molecule has 1 amide bonds. The van der Waals surface area contributed by atoms with Crippen molar-refractivity contribution < 1.29 is 26.7 Å². The highest BCUT2D eigenvalue weighted by Gasteiger charge is 2.28. The van der Waals surface area contributed by atoms with Crippen molar-refractivity contribution in [3.63, 3.8) is 0 Å². The summed E-state index contributed by atoms with van der Waals surface area (Å²) in [6.45, 7) is 1.07. The smallest absolute Gasteiger partial charge is 0.258 e. The topological polar surface area (TPSA) is 132 Å². The van der Waals surface area contributed by atoms with Crippen LogP contribution >= 0.6 is 0 Å². The molecule has 2 aromatic heterocycles. The molecule has 1 saturated heterocycles. The molecule has 3 heterocycles. The molecular formula is C27H28F2N6O4S. The molecule has 10 nitrogen and oxygen atoms in total. The number of aromatic nitrogens is 3. The van der Waals surface area contributed by atoms with Crippen LogP contribution in [0.3, 0.4) is 0 Å². The van der Waals surface area contributed by atoms with Crippen molar-refractivity contribution in [2.45, 2.75) is 18.2 Å². The summed E-state index contributed by atoms with van der Waals surface area (Å²) in [4.78, 5) is 24.0. The zero-order valence-corrected chi connectivity index (χ0v) is 22.9. The van der Waals surface area contributed by atoms with E-state index in [0.29, 0.717) is 47.7 Å². The Kier molecular flexibility index (Phi) is 7.19. The maximum atomic E-state index is 15.7. The largest absolute Gasteiger partial charge is 0.496 e. The molecule has 1 fully saturated rings. The van der Waals surface area contributed by atoms with Gasteiger partial charge in [0.15, 0.2) is 15.7 Å². The van der Waals surface area contributed by atoms with Gasteiger partial charge < -0.3 is 25.3 Å². The van der Waals surface area contributed by atoms with E-state index in [1.165, 1.54) is 31.5 Å². The average Bonchev–Trinajstić information content (AvgIpc) is 3.45. The maximum absolute atomic E-state index is 15.7. The normalized spacial score (nSPS) is 15.6. The van der Waals surface area contributed by atoms with Gasteiger partial charge in [-0.3, -0.25) is 9.78 Å². The summed E-state index contributed by atoms with van der Waals surface area (Å²) >= 11 is 0. The Morgan fingerprint density at radius 2 is 2.00 bits per heavy atom. The van der Waals surface area contributed by atoms with Crippen molar-refractivity contribution >= 4 is 38.2 Å². The van der Waals surface area contributed by atoms with E-state index in [-0.39, 0.29) is 34.4 Å². The highest BCUT2D eigenvalue weighted by atomic mass is 32.2. The van der Waals surface area contributed by atoms with E-state index in [0.717, 1.165) is 12.3 Å². The van der Waals surface area contributed by atoms with Crippen LogP contribution in [0.15, 0.2) is 42.6 Å². The Balaban J connectivity index is 1.59. The number of nitrogens with zero attached hydrogens (tertiary/aromatic N) is 4. The Hall–Kier alpha value is -4.10. The highest BCUT2D eigenvalue weighted by molar-refractivity contribution is 7.89. The van der Waals surface area contributed by atoms with Gasteiger partial charge in [-0.1, -0.05) is 6.07 Å². The number of hydrogen-bond acceptors (Lipinski definition) is 8. The number of halogens is 2. The molecule has 3 N–H and O–H groups in total. The van der Waals surface area contributed by atoms with E-state index in [1.807, 2.05) is 4.90 Å². The highest BCUT2D eigenvalue weighted by Crippen LogP contribution is 2.38. The number of carbonyl (C=O) groups is 1. The second-order valence-electron chi connectivity index (χ2n) is 9.77. The number of pyridine rings is 1. The number of carbonyl (C=O) groups excluding carboxylic acids is 1. The zero-order valence-electron chi connectivity index (χ0n) is 22.1. The lowest BCUT2D eigenvalue weighted by Gasteiger charge is -2.23. The number of hydrogen-bond donors (Lipinski definition) is 2. The van der Waals surface area contributed by atoms with E-state index in [2.05, 4.69) is 15.3 Å². The molecule has 0 spiro atoms. The number of rotatable bonds is 7. The molecule has 1 aliphatic rings. The van der Waals surface area contributed by atoms with Gasteiger partial charge in [0.05, 0.1) is 35.1 Å². The molecule has 0 bridgehead atoms. The summed E-state index contributed by atoms with van der Waals surface area (Å²) in [6, 6.07) is 8.52. The summed E-state index contributed by atoms with van der Waals surface area (Å²) in [7, 11) is -0.315. The van der Waals surface area contributed by atoms with E-state index < -0.39 is 27.4 Å². The number of nitrogens with two attached hydrogens (primary N) is 1. The van der Waals surface area contributed by atoms with Crippen LogP contribution in [0, 0.1) is 11.6 Å². The third-order valence-electron chi connectivity index (χ3n) is 6.87. The van der Waals surface area contributed by atoms with Crippen molar-refractivity contribution in [1.82, 2.24) is 14.5 Å². The van der Waals surface area contributed by atoms with E-state index in [9.17, 15) is 17.6 Å². The predicted octanol–water partition coefficient (Wildman–Crippen LogP) is 3.26. The van der Waals surface area contributed by atoms with Crippen LogP contribution in [0.2, 0.25) is 0 Å². The van der Waals surface area contributed by atoms with Crippen LogP contribution in [-0.2, 0) is 22.6 Å². The van der Waals surface area contributed by atoms with E-state index in [4.69, 9.17) is 10.5 Å². The summed E-state index contributed by atoms with van der Waals surface area (Å²) < 4.78 is 61.2. The van der Waals surface area contributed by atoms with Crippen LogP contribution in [0.1, 0.15) is 22.6 Å². The summed E-state index contributed by atoms with van der Waals surface area (Å²) in [5.41, 5.74) is 7.30. The molecule has 0 aliphatic carbocycles. The molecular weight excluding hydrogens is 542 g/mol.